The summed E-state index contributed by atoms with van der Waals surface area (Å²) in [7, 11) is 0. The SMILES string of the molecule is CC1=CCC[C@H](C)[C@@H]1CN1CC[C@H]([C@H](C)O)C1. The molecule has 2 rings (SSSR count). The minimum atomic E-state index is -0.139. The van der Waals surface area contributed by atoms with E-state index in [0.29, 0.717) is 5.92 Å². The number of nitrogens with zero attached hydrogens (tertiary/aromatic N) is 1. The maximum absolute atomic E-state index is 9.64. The second-order valence-corrected chi connectivity index (χ2v) is 6.16. The minimum Gasteiger partial charge on any atom is -0.393 e. The molecule has 0 bridgehead atoms. The molecule has 0 unspecified atom stereocenters. The van der Waals surface area contributed by atoms with E-state index in [1.54, 1.807) is 5.57 Å². The molecule has 1 N–H and O–H groups in total. The molecule has 0 aromatic carbocycles. The van der Waals surface area contributed by atoms with Crippen LogP contribution >= 0.6 is 0 Å². The molecule has 2 heteroatoms. The summed E-state index contributed by atoms with van der Waals surface area (Å²) in [5.41, 5.74) is 1.59. The van der Waals surface area contributed by atoms with Crippen LogP contribution in [0.2, 0.25) is 0 Å². The molecule has 1 aliphatic heterocycles. The maximum atomic E-state index is 9.64. The van der Waals surface area contributed by atoms with E-state index >= 15 is 0 Å². The maximum Gasteiger partial charge on any atom is 0.0552 e. The van der Waals surface area contributed by atoms with Gasteiger partial charge in [0.25, 0.3) is 0 Å². The third-order valence-electron chi connectivity index (χ3n) is 4.81. The summed E-state index contributed by atoms with van der Waals surface area (Å²) in [4.78, 5) is 2.56. The third kappa shape index (κ3) is 3.11. The molecule has 0 amide bonds. The Morgan fingerprint density at radius 1 is 1.47 bits per heavy atom. The fraction of sp³-hybridized carbons (Fsp3) is 0.867. The molecule has 4 atom stereocenters. The van der Waals surface area contributed by atoms with Gasteiger partial charge in [0, 0.05) is 13.1 Å². The summed E-state index contributed by atoms with van der Waals surface area (Å²) in [6.07, 6.45) is 6.06. The van der Waals surface area contributed by atoms with E-state index in [2.05, 4.69) is 24.8 Å². The topological polar surface area (TPSA) is 23.5 Å². The Balaban J connectivity index is 1.89. The Morgan fingerprint density at radius 3 is 2.82 bits per heavy atom. The highest BCUT2D eigenvalue weighted by atomic mass is 16.3. The molecule has 0 radical (unpaired) electrons. The smallest absolute Gasteiger partial charge is 0.0552 e. The summed E-state index contributed by atoms with van der Waals surface area (Å²) in [5.74, 6) is 2.07. The number of likely N-dealkylation sites (tertiary alicyclic amines) is 1. The van der Waals surface area contributed by atoms with E-state index in [4.69, 9.17) is 0 Å². The molecule has 0 saturated carbocycles. The predicted molar refractivity (Wildman–Crippen MR) is 71.9 cm³/mol. The molecule has 1 saturated heterocycles. The van der Waals surface area contributed by atoms with E-state index in [9.17, 15) is 5.11 Å². The lowest BCUT2D eigenvalue weighted by Gasteiger charge is -2.32. The van der Waals surface area contributed by atoms with Crippen molar-refractivity contribution in [3.8, 4) is 0 Å². The fourth-order valence-electron chi connectivity index (χ4n) is 3.40. The summed E-state index contributed by atoms with van der Waals surface area (Å²) in [6, 6.07) is 0. The zero-order valence-electron chi connectivity index (χ0n) is 11.5. The Morgan fingerprint density at radius 2 is 2.24 bits per heavy atom. The first kappa shape index (κ1) is 13.1. The molecule has 0 aromatic rings. The van der Waals surface area contributed by atoms with Crippen molar-refractivity contribution >= 4 is 0 Å². The fourth-order valence-corrected chi connectivity index (χ4v) is 3.40. The van der Waals surface area contributed by atoms with Gasteiger partial charge in [-0.3, -0.25) is 0 Å². The molecule has 98 valence electrons. The van der Waals surface area contributed by atoms with Crippen molar-refractivity contribution in [3.05, 3.63) is 11.6 Å². The Bertz CT molecular complexity index is 285. The molecule has 1 fully saturated rings. The van der Waals surface area contributed by atoms with Crippen LogP contribution in [-0.2, 0) is 0 Å². The van der Waals surface area contributed by atoms with Crippen molar-refractivity contribution in [1.29, 1.82) is 0 Å². The average Bonchev–Trinajstić information content (AvgIpc) is 2.72. The molecule has 1 heterocycles. The number of hydrogen-bond acceptors (Lipinski definition) is 2. The van der Waals surface area contributed by atoms with E-state index in [0.717, 1.165) is 18.4 Å². The van der Waals surface area contributed by atoms with Gasteiger partial charge in [0.05, 0.1) is 6.10 Å². The van der Waals surface area contributed by atoms with E-state index in [1.165, 1.54) is 32.4 Å². The number of hydrogen-bond donors (Lipinski definition) is 1. The lowest BCUT2D eigenvalue weighted by Crippen LogP contribution is -2.33. The zero-order valence-corrected chi connectivity index (χ0v) is 11.5. The number of aliphatic hydroxyl groups excluding tert-OH is 1. The van der Waals surface area contributed by atoms with Crippen LogP contribution in [0.4, 0.5) is 0 Å². The van der Waals surface area contributed by atoms with Gasteiger partial charge in [-0.05, 0) is 57.4 Å². The summed E-state index contributed by atoms with van der Waals surface area (Å²) in [5, 5.41) is 9.64. The highest BCUT2D eigenvalue weighted by molar-refractivity contribution is 5.09. The van der Waals surface area contributed by atoms with Crippen molar-refractivity contribution in [2.24, 2.45) is 17.8 Å². The highest BCUT2D eigenvalue weighted by Gasteiger charge is 2.30. The van der Waals surface area contributed by atoms with Crippen molar-refractivity contribution in [3.63, 3.8) is 0 Å². The number of rotatable bonds is 3. The van der Waals surface area contributed by atoms with Gasteiger partial charge in [0.1, 0.15) is 0 Å². The van der Waals surface area contributed by atoms with Crippen LogP contribution in [-0.4, -0.2) is 35.7 Å². The number of allylic oxidation sites excluding steroid dienone is 1. The lowest BCUT2D eigenvalue weighted by molar-refractivity contribution is 0.124. The molecule has 0 spiro atoms. The molecule has 2 nitrogen and oxygen atoms in total. The van der Waals surface area contributed by atoms with Gasteiger partial charge < -0.3 is 10.0 Å². The van der Waals surface area contributed by atoms with Crippen molar-refractivity contribution in [1.82, 2.24) is 4.90 Å². The minimum absolute atomic E-state index is 0.139. The van der Waals surface area contributed by atoms with Gasteiger partial charge in [-0.15, -0.1) is 0 Å². The zero-order chi connectivity index (χ0) is 12.4. The Labute approximate surface area is 106 Å². The second kappa shape index (κ2) is 5.53. The van der Waals surface area contributed by atoms with E-state index in [-0.39, 0.29) is 6.10 Å². The summed E-state index contributed by atoms with van der Waals surface area (Å²) < 4.78 is 0. The van der Waals surface area contributed by atoms with Crippen LogP contribution in [0.5, 0.6) is 0 Å². The van der Waals surface area contributed by atoms with Crippen molar-refractivity contribution in [2.45, 2.75) is 46.1 Å². The van der Waals surface area contributed by atoms with Gasteiger partial charge in [0.2, 0.25) is 0 Å². The quantitative estimate of drug-likeness (QED) is 0.763. The van der Waals surface area contributed by atoms with Crippen LogP contribution in [0.3, 0.4) is 0 Å². The number of aliphatic hydroxyl groups is 1. The normalized spacial score (nSPS) is 36.9. The monoisotopic (exact) mass is 237 g/mol. The van der Waals surface area contributed by atoms with Crippen LogP contribution in [0.15, 0.2) is 11.6 Å². The predicted octanol–water partition coefficient (Wildman–Crippen LogP) is 2.68. The first-order valence-corrected chi connectivity index (χ1v) is 7.15. The standard InChI is InChI=1S/C15H27NO/c1-11-5-4-6-12(2)15(11)10-16-8-7-14(9-16)13(3)17/h5,12-15,17H,4,6-10H2,1-3H3/t12-,13-,14-,15+/m0/s1. The van der Waals surface area contributed by atoms with E-state index < -0.39 is 0 Å². The molecule has 17 heavy (non-hydrogen) atoms. The van der Waals surface area contributed by atoms with Gasteiger partial charge >= 0.3 is 0 Å². The van der Waals surface area contributed by atoms with Gasteiger partial charge in [-0.25, -0.2) is 0 Å². The van der Waals surface area contributed by atoms with Crippen LogP contribution in [0.25, 0.3) is 0 Å². The van der Waals surface area contributed by atoms with E-state index in [1.807, 2.05) is 6.92 Å². The largest absolute Gasteiger partial charge is 0.393 e. The van der Waals surface area contributed by atoms with Gasteiger partial charge in [-0.1, -0.05) is 18.6 Å². The lowest BCUT2D eigenvalue weighted by atomic mass is 9.80. The first-order chi connectivity index (χ1) is 8.08. The molecule has 0 aromatic heterocycles. The molecule has 1 aliphatic carbocycles. The van der Waals surface area contributed by atoms with Gasteiger partial charge in [-0.2, -0.15) is 0 Å². The van der Waals surface area contributed by atoms with Gasteiger partial charge in [0.15, 0.2) is 0 Å². The summed E-state index contributed by atoms with van der Waals surface area (Å²) >= 11 is 0. The van der Waals surface area contributed by atoms with Crippen LogP contribution in [0.1, 0.15) is 40.0 Å². The molecular formula is C15H27NO. The van der Waals surface area contributed by atoms with Crippen molar-refractivity contribution < 1.29 is 5.11 Å². The van der Waals surface area contributed by atoms with Crippen LogP contribution in [0, 0.1) is 17.8 Å². The first-order valence-electron chi connectivity index (χ1n) is 7.15. The molecule has 2 aliphatic rings. The highest BCUT2D eigenvalue weighted by Crippen LogP contribution is 2.32. The average molecular weight is 237 g/mol. The third-order valence-corrected chi connectivity index (χ3v) is 4.81. The Kier molecular flexibility index (Phi) is 4.26. The second-order valence-electron chi connectivity index (χ2n) is 6.16. The van der Waals surface area contributed by atoms with Crippen molar-refractivity contribution in [2.75, 3.05) is 19.6 Å². The van der Waals surface area contributed by atoms with Crippen LogP contribution < -0.4 is 0 Å². The summed E-state index contributed by atoms with van der Waals surface area (Å²) in [6.45, 7) is 10.1. The molecular weight excluding hydrogens is 210 g/mol. The Hall–Kier alpha value is -0.340.